The number of carboxylic acid groups (broad SMARTS) is 2. The molecule has 1 aromatic rings. The number of carbonyl (C=O) groups is 2. The van der Waals surface area contributed by atoms with Crippen LogP contribution in [0.2, 0.25) is 0 Å². The van der Waals surface area contributed by atoms with Crippen LogP contribution < -0.4 is 5.32 Å². The van der Waals surface area contributed by atoms with Crippen LogP contribution in [0.1, 0.15) is 44.1 Å². The SMILES string of the molecule is O=C(O)C(=O)O.c1ccc(CNC2CCCCCC2)cc1. The lowest BCUT2D eigenvalue weighted by molar-refractivity contribution is -0.159. The second kappa shape index (κ2) is 9.94. The minimum Gasteiger partial charge on any atom is -0.473 e. The summed E-state index contributed by atoms with van der Waals surface area (Å²) in [7, 11) is 0. The molecule has 0 aliphatic heterocycles. The number of hydrogen-bond acceptors (Lipinski definition) is 3. The Morgan fingerprint density at radius 1 is 0.952 bits per heavy atom. The summed E-state index contributed by atoms with van der Waals surface area (Å²) >= 11 is 0. The predicted molar refractivity (Wildman–Crippen MR) is 80.0 cm³/mol. The first-order valence-corrected chi connectivity index (χ1v) is 7.33. The molecule has 1 fully saturated rings. The molecule has 5 nitrogen and oxygen atoms in total. The van der Waals surface area contributed by atoms with Crippen LogP contribution in [0.25, 0.3) is 0 Å². The lowest BCUT2D eigenvalue weighted by Gasteiger charge is -2.15. The second-order valence-corrected chi connectivity index (χ2v) is 5.17. The molecule has 1 saturated carbocycles. The van der Waals surface area contributed by atoms with E-state index >= 15 is 0 Å². The Bertz CT molecular complexity index is 413. The Balaban J connectivity index is 0.000000315. The van der Waals surface area contributed by atoms with Gasteiger partial charge in [0.15, 0.2) is 0 Å². The molecule has 0 spiro atoms. The van der Waals surface area contributed by atoms with Crippen LogP contribution in [0, 0.1) is 0 Å². The Kier molecular flexibility index (Phi) is 8.12. The smallest absolute Gasteiger partial charge is 0.414 e. The maximum Gasteiger partial charge on any atom is 0.414 e. The van der Waals surface area contributed by atoms with Gasteiger partial charge in [-0.15, -0.1) is 0 Å². The highest BCUT2D eigenvalue weighted by molar-refractivity contribution is 6.27. The third kappa shape index (κ3) is 8.09. The van der Waals surface area contributed by atoms with E-state index in [1.165, 1.54) is 44.1 Å². The van der Waals surface area contributed by atoms with Crippen LogP contribution in [0.15, 0.2) is 30.3 Å². The zero-order valence-corrected chi connectivity index (χ0v) is 12.1. The normalized spacial score (nSPS) is 15.4. The van der Waals surface area contributed by atoms with Crippen molar-refractivity contribution in [3.63, 3.8) is 0 Å². The van der Waals surface area contributed by atoms with Crippen LogP contribution in [-0.2, 0) is 16.1 Å². The number of nitrogens with one attached hydrogen (secondary N) is 1. The van der Waals surface area contributed by atoms with E-state index in [1.54, 1.807) is 0 Å². The van der Waals surface area contributed by atoms with Gasteiger partial charge in [-0.05, 0) is 18.4 Å². The number of rotatable bonds is 3. The molecule has 0 aromatic heterocycles. The van der Waals surface area contributed by atoms with Crippen LogP contribution in [0.5, 0.6) is 0 Å². The summed E-state index contributed by atoms with van der Waals surface area (Å²) in [6, 6.07) is 11.5. The van der Waals surface area contributed by atoms with Crippen molar-refractivity contribution in [1.29, 1.82) is 0 Å². The van der Waals surface area contributed by atoms with Crippen LogP contribution in [0.3, 0.4) is 0 Å². The van der Waals surface area contributed by atoms with Gasteiger partial charge in [0.1, 0.15) is 0 Å². The summed E-state index contributed by atoms with van der Waals surface area (Å²) in [5.41, 5.74) is 1.40. The maximum atomic E-state index is 9.10. The Hall–Kier alpha value is -1.88. The van der Waals surface area contributed by atoms with Gasteiger partial charge in [-0.25, -0.2) is 9.59 Å². The zero-order chi connectivity index (χ0) is 15.5. The van der Waals surface area contributed by atoms with Crippen molar-refractivity contribution in [2.24, 2.45) is 0 Å². The van der Waals surface area contributed by atoms with Crippen molar-refractivity contribution in [3.8, 4) is 0 Å². The lowest BCUT2D eigenvalue weighted by Crippen LogP contribution is -2.27. The average Bonchev–Trinajstić information content (AvgIpc) is 2.75. The standard InChI is InChI=1S/C14H21N.C2H2O4/c1-2-7-11-14(10-6-1)15-12-13-8-4-3-5-9-13;3-1(4)2(5)6/h3-5,8-9,14-15H,1-2,6-7,10-12H2;(H,3,4)(H,5,6). The molecule has 0 amide bonds. The van der Waals surface area contributed by atoms with Crippen molar-refractivity contribution in [1.82, 2.24) is 5.32 Å². The van der Waals surface area contributed by atoms with E-state index < -0.39 is 11.9 Å². The van der Waals surface area contributed by atoms with Crippen LogP contribution in [0.4, 0.5) is 0 Å². The molecule has 1 aromatic carbocycles. The van der Waals surface area contributed by atoms with Gasteiger partial charge in [-0.1, -0.05) is 56.0 Å². The van der Waals surface area contributed by atoms with Gasteiger partial charge in [-0.3, -0.25) is 0 Å². The van der Waals surface area contributed by atoms with E-state index in [2.05, 4.69) is 35.6 Å². The van der Waals surface area contributed by atoms with Gasteiger partial charge in [0.25, 0.3) is 0 Å². The molecule has 3 N–H and O–H groups in total. The maximum absolute atomic E-state index is 9.10. The topological polar surface area (TPSA) is 86.6 Å². The summed E-state index contributed by atoms with van der Waals surface area (Å²) < 4.78 is 0. The molecule has 21 heavy (non-hydrogen) atoms. The van der Waals surface area contributed by atoms with Gasteiger partial charge in [0.2, 0.25) is 0 Å². The molecule has 1 aliphatic carbocycles. The monoisotopic (exact) mass is 293 g/mol. The number of carboxylic acids is 2. The van der Waals surface area contributed by atoms with Crippen molar-refractivity contribution in [2.45, 2.75) is 51.1 Å². The number of aliphatic carboxylic acids is 2. The van der Waals surface area contributed by atoms with Crippen molar-refractivity contribution < 1.29 is 19.8 Å². The van der Waals surface area contributed by atoms with Gasteiger partial charge in [-0.2, -0.15) is 0 Å². The summed E-state index contributed by atoms with van der Waals surface area (Å²) in [4.78, 5) is 18.2. The van der Waals surface area contributed by atoms with Gasteiger partial charge >= 0.3 is 11.9 Å². The largest absolute Gasteiger partial charge is 0.473 e. The minimum atomic E-state index is -1.82. The van der Waals surface area contributed by atoms with Gasteiger partial charge in [0, 0.05) is 12.6 Å². The molecule has 0 heterocycles. The highest BCUT2D eigenvalue weighted by Crippen LogP contribution is 2.17. The Labute approximate surface area is 125 Å². The first-order chi connectivity index (χ1) is 10.1. The molecule has 0 radical (unpaired) electrons. The van der Waals surface area contributed by atoms with Gasteiger partial charge in [0.05, 0.1) is 0 Å². The molecule has 0 unspecified atom stereocenters. The Morgan fingerprint density at radius 2 is 1.48 bits per heavy atom. The van der Waals surface area contributed by atoms with Crippen molar-refractivity contribution in [2.75, 3.05) is 0 Å². The van der Waals surface area contributed by atoms with Crippen molar-refractivity contribution in [3.05, 3.63) is 35.9 Å². The van der Waals surface area contributed by atoms with Crippen LogP contribution in [-0.4, -0.2) is 28.2 Å². The predicted octanol–water partition coefficient (Wildman–Crippen LogP) is 2.65. The highest BCUT2D eigenvalue weighted by atomic mass is 16.4. The third-order valence-electron chi connectivity index (χ3n) is 3.48. The van der Waals surface area contributed by atoms with E-state index in [-0.39, 0.29) is 0 Å². The third-order valence-corrected chi connectivity index (χ3v) is 3.48. The van der Waals surface area contributed by atoms with Crippen LogP contribution >= 0.6 is 0 Å². The Morgan fingerprint density at radius 3 is 1.95 bits per heavy atom. The molecule has 0 atom stereocenters. The number of benzene rings is 1. The zero-order valence-electron chi connectivity index (χ0n) is 12.1. The molecule has 1 aliphatic rings. The summed E-state index contributed by atoms with van der Waals surface area (Å²) in [5.74, 6) is -3.65. The minimum absolute atomic E-state index is 0.757. The summed E-state index contributed by atoms with van der Waals surface area (Å²) in [6.07, 6.45) is 8.42. The molecule has 2 rings (SSSR count). The molecule has 0 saturated heterocycles. The fraction of sp³-hybridized carbons (Fsp3) is 0.500. The van der Waals surface area contributed by atoms with E-state index in [0.717, 1.165) is 12.6 Å². The van der Waals surface area contributed by atoms with Gasteiger partial charge < -0.3 is 15.5 Å². The molecule has 5 heteroatoms. The lowest BCUT2D eigenvalue weighted by atomic mass is 10.1. The molecule has 0 bridgehead atoms. The van der Waals surface area contributed by atoms with E-state index in [0.29, 0.717) is 0 Å². The quantitative estimate of drug-likeness (QED) is 0.589. The average molecular weight is 293 g/mol. The molecular formula is C16H23NO4. The summed E-state index contributed by atoms with van der Waals surface area (Å²) in [6.45, 7) is 1.03. The fourth-order valence-electron chi connectivity index (χ4n) is 2.34. The highest BCUT2D eigenvalue weighted by Gasteiger charge is 2.10. The first kappa shape index (κ1) is 17.2. The fourth-order valence-corrected chi connectivity index (χ4v) is 2.34. The first-order valence-electron chi connectivity index (χ1n) is 7.33. The van der Waals surface area contributed by atoms with E-state index in [1.807, 2.05) is 0 Å². The molecular weight excluding hydrogens is 270 g/mol. The number of hydrogen-bond donors (Lipinski definition) is 3. The summed E-state index contributed by atoms with van der Waals surface area (Å²) in [5, 5.41) is 18.5. The second-order valence-electron chi connectivity index (χ2n) is 5.17. The van der Waals surface area contributed by atoms with Crippen molar-refractivity contribution >= 4 is 11.9 Å². The van der Waals surface area contributed by atoms with E-state index in [4.69, 9.17) is 19.8 Å². The molecule has 116 valence electrons. The van der Waals surface area contributed by atoms with E-state index in [9.17, 15) is 0 Å².